The number of nitrogens with one attached hydrogen (secondary N) is 1. The molecular formula is C20H25NO4. The number of benzene rings is 2. The van der Waals surface area contributed by atoms with Crippen LogP contribution >= 0.6 is 0 Å². The van der Waals surface area contributed by atoms with E-state index in [1.807, 2.05) is 50.2 Å². The molecule has 0 radical (unpaired) electrons. The highest BCUT2D eigenvalue weighted by Gasteiger charge is 2.14. The van der Waals surface area contributed by atoms with Gasteiger partial charge in [-0.05, 0) is 49.2 Å². The maximum atomic E-state index is 12.5. The van der Waals surface area contributed by atoms with Gasteiger partial charge in [-0.3, -0.25) is 4.79 Å². The van der Waals surface area contributed by atoms with Crippen LogP contribution in [0.25, 0.3) is 0 Å². The fourth-order valence-corrected chi connectivity index (χ4v) is 2.56. The zero-order valence-corrected chi connectivity index (χ0v) is 15.2. The lowest BCUT2D eigenvalue weighted by molar-refractivity contribution is 0.0939. The van der Waals surface area contributed by atoms with E-state index in [9.17, 15) is 4.79 Å². The molecule has 0 aliphatic heterocycles. The van der Waals surface area contributed by atoms with Gasteiger partial charge in [-0.15, -0.1) is 0 Å². The van der Waals surface area contributed by atoms with Gasteiger partial charge in [-0.2, -0.15) is 0 Å². The Bertz CT molecular complexity index is 715. The van der Waals surface area contributed by atoms with Crippen LogP contribution in [0.1, 0.15) is 41.4 Å². The molecule has 0 spiro atoms. The number of carbonyl (C=O) groups is 1. The molecule has 1 unspecified atom stereocenters. The third-order valence-corrected chi connectivity index (χ3v) is 3.84. The quantitative estimate of drug-likeness (QED) is 0.793. The molecule has 0 bridgehead atoms. The molecule has 0 aliphatic carbocycles. The van der Waals surface area contributed by atoms with Crippen LogP contribution in [0.4, 0.5) is 0 Å². The monoisotopic (exact) mass is 343 g/mol. The fraction of sp³-hybridized carbons (Fsp3) is 0.350. The van der Waals surface area contributed by atoms with Gasteiger partial charge in [0, 0.05) is 12.7 Å². The Morgan fingerprint density at radius 2 is 1.92 bits per heavy atom. The molecule has 134 valence electrons. The number of ether oxygens (including phenoxy) is 3. The van der Waals surface area contributed by atoms with E-state index in [2.05, 4.69) is 5.32 Å². The van der Waals surface area contributed by atoms with Crippen molar-refractivity contribution in [1.29, 1.82) is 0 Å². The smallest absolute Gasteiger partial charge is 0.251 e. The first kappa shape index (κ1) is 18.8. The van der Waals surface area contributed by atoms with Crippen LogP contribution in [-0.4, -0.2) is 26.7 Å². The van der Waals surface area contributed by atoms with Gasteiger partial charge in [-0.1, -0.05) is 18.2 Å². The molecule has 1 atom stereocenters. The molecule has 1 amide bonds. The van der Waals surface area contributed by atoms with Gasteiger partial charge < -0.3 is 19.5 Å². The molecule has 0 heterocycles. The number of rotatable bonds is 8. The van der Waals surface area contributed by atoms with E-state index in [0.29, 0.717) is 30.3 Å². The van der Waals surface area contributed by atoms with Gasteiger partial charge in [0.2, 0.25) is 0 Å². The Morgan fingerprint density at radius 1 is 1.12 bits per heavy atom. The van der Waals surface area contributed by atoms with Crippen molar-refractivity contribution < 1.29 is 19.0 Å². The second-order valence-corrected chi connectivity index (χ2v) is 5.67. The summed E-state index contributed by atoms with van der Waals surface area (Å²) in [6, 6.07) is 12.9. The van der Waals surface area contributed by atoms with E-state index in [1.54, 1.807) is 20.3 Å². The van der Waals surface area contributed by atoms with Crippen molar-refractivity contribution in [3.8, 4) is 11.5 Å². The lowest BCUT2D eigenvalue weighted by atomic mass is 10.1. The standard InChI is InChI=1S/C20H25NO4/c1-5-25-18-10-9-16(12-19(18)24-4)14(2)21-20(22)17-8-6-7-15(11-17)13-23-3/h6-12,14H,5,13H2,1-4H3,(H,21,22). The van der Waals surface area contributed by atoms with Gasteiger partial charge >= 0.3 is 0 Å². The second kappa shape index (κ2) is 9.08. The topological polar surface area (TPSA) is 56.8 Å². The SMILES string of the molecule is CCOc1ccc(C(C)NC(=O)c2cccc(COC)c2)cc1OC. The largest absolute Gasteiger partial charge is 0.493 e. The van der Waals surface area contributed by atoms with Crippen LogP contribution in [0.3, 0.4) is 0 Å². The molecule has 2 rings (SSSR count). The van der Waals surface area contributed by atoms with E-state index in [-0.39, 0.29) is 11.9 Å². The molecule has 25 heavy (non-hydrogen) atoms. The normalized spacial score (nSPS) is 11.7. The van der Waals surface area contributed by atoms with E-state index < -0.39 is 0 Å². The molecule has 0 aliphatic rings. The van der Waals surface area contributed by atoms with Crippen molar-refractivity contribution in [2.45, 2.75) is 26.5 Å². The maximum absolute atomic E-state index is 12.5. The van der Waals surface area contributed by atoms with Crippen molar-refractivity contribution in [1.82, 2.24) is 5.32 Å². The summed E-state index contributed by atoms with van der Waals surface area (Å²) in [5.74, 6) is 1.22. The summed E-state index contributed by atoms with van der Waals surface area (Å²) < 4.78 is 16.0. The molecule has 5 nitrogen and oxygen atoms in total. The van der Waals surface area contributed by atoms with E-state index >= 15 is 0 Å². The molecule has 1 N–H and O–H groups in total. The number of hydrogen-bond acceptors (Lipinski definition) is 4. The summed E-state index contributed by atoms with van der Waals surface area (Å²) >= 11 is 0. The summed E-state index contributed by atoms with van der Waals surface area (Å²) in [7, 11) is 3.24. The average molecular weight is 343 g/mol. The second-order valence-electron chi connectivity index (χ2n) is 5.67. The minimum Gasteiger partial charge on any atom is -0.493 e. The van der Waals surface area contributed by atoms with Crippen LogP contribution in [0.5, 0.6) is 11.5 Å². The number of amides is 1. The van der Waals surface area contributed by atoms with Crippen LogP contribution in [0.2, 0.25) is 0 Å². The van der Waals surface area contributed by atoms with Gasteiger partial charge in [0.25, 0.3) is 5.91 Å². The van der Waals surface area contributed by atoms with Crippen molar-refractivity contribution in [3.05, 3.63) is 59.2 Å². The zero-order valence-electron chi connectivity index (χ0n) is 15.2. The van der Waals surface area contributed by atoms with Gasteiger partial charge in [0.15, 0.2) is 11.5 Å². The van der Waals surface area contributed by atoms with Crippen LogP contribution in [0.15, 0.2) is 42.5 Å². The Hall–Kier alpha value is -2.53. The molecule has 5 heteroatoms. The van der Waals surface area contributed by atoms with Gasteiger partial charge in [0.05, 0.1) is 26.4 Å². The molecule has 2 aromatic rings. The first-order chi connectivity index (χ1) is 12.1. The highest BCUT2D eigenvalue weighted by molar-refractivity contribution is 5.94. The van der Waals surface area contributed by atoms with Crippen molar-refractivity contribution in [2.75, 3.05) is 20.8 Å². The van der Waals surface area contributed by atoms with E-state index in [1.165, 1.54) is 0 Å². The Kier molecular flexibility index (Phi) is 6.83. The van der Waals surface area contributed by atoms with E-state index in [0.717, 1.165) is 11.1 Å². The first-order valence-electron chi connectivity index (χ1n) is 8.28. The van der Waals surface area contributed by atoms with Crippen LogP contribution < -0.4 is 14.8 Å². The summed E-state index contributed by atoms with van der Waals surface area (Å²) in [4.78, 5) is 12.5. The third kappa shape index (κ3) is 4.97. The van der Waals surface area contributed by atoms with Crippen LogP contribution in [-0.2, 0) is 11.3 Å². The van der Waals surface area contributed by atoms with Crippen molar-refractivity contribution in [3.63, 3.8) is 0 Å². The fourth-order valence-electron chi connectivity index (χ4n) is 2.56. The number of hydrogen-bond donors (Lipinski definition) is 1. The summed E-state index contributed by atoms with van der Waals surface area (Å²) in [5, 5.41) is 3.01. The van der Waals surface area contributed by atoms with Gasteiger partial charge in [0.1, 0.15) is 0 Å². The molecule has 2 aromatic carbocycles. The lowest BCUT2D eigenvalue weighted by Crippen LogP contribution is -2.26. The van der Waals surface area contributed by atoms with Crippen molar-refractivity contribution in [2.24, 2.45) is 0 Å². The zero-order chi connectivity index (χ0) is 18.2. The summed E-state index contributed by atoms with van der Waals surface area (Å²) in [6.07, 6.45) is 0. The molecule has 0 aromatic heterocycles. The van der Waals surface area contributed by atoms with E-state index in [4.69, 9.17) is 14.2 Å². The predicted molar refractivity (Wildman–Crippen MR) is 97.2 cm³/mol. The van der Waals surface area contributed by atoms with Gasteiger partial charge in [-0.25, -0.2) is 0 Å². The maximum Gasteiger partial charge on any atom is 0.251 e. The Labute approximate surface area is 148 Å². The highest BCUT2D eigenvalue weighted by Crippen LogP contribution is 2.30. The molecule has 0 saturated carbocycles. The Balaban J connectivity index is 2.12. The molecule has 0 saturated heterocycles. The minimum atomic E-state index is -0.164. The lowest BCUT2D eigenvalue weighted by Gasteiger charge is -2.17. The number of carbonyl (C=O) groups excluding carboxylic acids is 1. The van der Waals surface area contributed by atoms with Crippen LogP contribution in [0, 0.1) is 0 Å². The molecule has 0 fully saturated rings. The molecular weight excluding hydrogens is 318 g/mol. The Morgan fingerprint density at radius 3 is 2.60 bits per heavy atom. The first-order valence-corrected chi connectivity index (χ1v) is 8.28. The average Bonchev–Trinajstić information content (AvgIpc) is 2.62. The van der Waals surface area contributed by atoms with Crippen molar-refractivity contribution >= 4 is 5.91 Å². The highest BCUT2D eigenvalue weighted by atomic mass is 16.5. The third-order valence-electron chi connectivity index (χ3n) is 3.84. The number of methoxy groups -OCH3 is 2. The summed E-state index contributed by atoms with van der Waals surface area (Å²) in [6.45, 7) is 4.91. The summed E-state index contributed by atoms with van der Waals surface area (Å²) in [5.41, 5.74) is 2.52. The predicted octanol–water partition coefficient (Wildman–Crippen LogP) is 3.73. The minimum absolute atomic E-state index is 0.127.